The van der Waals surface area contributed by atoms with Crippen LogP contribution < -0.4 is 20.8 Å². The molecule has 0 amide bonds. The Kier molecular flexibility index (Phi) is 4.68. The molecule has 132 valence electrons. The topological polar surface area (TPSA) is 152 Å². The van der Waals surface area contributed by atoms with Gasteiger partial charge in [0.2, 0.25) is 0 Å². The zero-order valence-electron chi connectivity index (χ0n) is 13.7. The van der Waals surface area contributed by atoms with Crippen LogP contribution in [0.2, 0.25) is 0 Å². The van der Waals surface area contributed by atoms with Crippen LogP contribution >= 0.6 is 0 Å². The number of aromatic carboxylic acids is 2. The maximum Gasteiger partial charge on any atom is 0.342 e. The highest BCUT2D eigenvalue weighted by atomic mass is 16.5. The van der Waals surface area contributed by atoms with E-state index in [0.717, 1.165) is 0 Å². The molecule has 0 aliphatic heterocycles. The normalized spacial score (nSPS) is 10.4. The van der Waals surface area contributed by atoms with E-state index in [0.29, 0.717) is 11.3 Å². The summed E-state index contributed by atoms with van der Waals surface area (Å²) in [4.78, 5) is 37.4. The fraction of sp³-hybridized carbons (Fsp3) is 0.188. The van der Waals surface area contributed by atoms with Crippen molar-refractivity contribution in [3.63, 3.8) is 0 Å². The highest BCUT2D eigenvalue weighted by Crippen LogP contribution is 2.39. The van der Waals surface area contributed by atoms with E-state index in [1.54, 1.807) is 13.0 Å². The number of nitrogens with two attached hydrogens (primary N) is 1. The molecule has 0 aliphatic carbocycles. The van der Waals surface area contributed by atoms with Gasteiger partial charge >= 0.3 is 11.9 Å². The second kappa shape index (κ2) is 6.56. The van der Waals surface area contributed by atoms with E-state index in [2.05, 4.69) is 0 Å². The lowest BCUT2D eigenvalue weighted by atomic mass is 9.93. The van der Waals surface area contributed by atoms with Gasteiger partial charge in [0.15, 0.2) is 0 Å². The predicted molar refractivity (Wildman–Crippen MR) is 88.7 cm³/mol. The van der Waals surface area contributed by atoms with Crippen molar-refractivity contribution < 1.29 is 29.3 Å². The van der Waals surface area contributed by atoms with Gasteiger partial charge in [0.1, 0.15) is 28.4 Å². The zero-order valence-corrected chi connectivity index (χ0v) is 13.7. The number of rotatable bonds is 5. The average molecular weight is 348 g/mol. The molecule has 0 saturated carbocycles. The quantitative estimate of drug-likeness (QED) is 0.632. The second-order valence-electron chi connectivity index (χ2n) is 5.13. The standard InChI is InChI=1S/C16H16N2O7/c1-6-4-9(25-3)7(5-8(6)24-2)10-11(15(20)21)13(17)18-14(19)12(10)16(22)23/h4-5H,1-3H3,(H,20,21)(H,22,23)(H3,17,18,19). The van der Waals surface area contributed by atoms with Crippen LogP contribution in [0.3, 0.4) is 0 Å². The number of carboxylic acid groups (broad SMARTS) is 2. The van der Waals surface area contributed by atoms with Crippen LogP contribution in [0.1, 0.15) is 26.3 Å². The van der Waals surface area contributed by atoms with Crippen molar-refractivity contribution in [1.29, 1.82) is 0 Å². The lowest BCUT2D eigenvalue weighted by molar-refractivity contribution is 0.0695. The number of anilines is 1. The monoisotopic (exact) mass is 348 g/mol. The van der Waals surface area contributed by atoms with E-state index in [1.807, 2.05) is 4.98 Å². The predicted octanol–water partition coefficient (Wildman–Crippen LogP) is 1.35. The van der Waals surface area contributed by atoms with Gasteiger partial charge in [-0.1, -0.05) is 0 Å². The number of nitrogen functional groups attached to an aromatic ring is 1. The summed E-state index contributed by atoms with van der Waals surface area (Å²) in [5.41, 5.74) is 3.70. The van der Waals surface area contributed by atoms with Crippen molar-refractivity contribution >= 4 is 17.8 Å². The summed E-state index contributed by atoms with van der Waals surface area (Å²) in [6.45, 7) is 1.73. The third-order valence-electron chi connectivity index (χ3n) is 3.66. The fourth-order valence-electron chi connectivity index (χ4n) is 2.56. The number of carboxylic acids is 2. The molecule has 0 unspecified atom stereocenters. The first kappa shape index (κ1) is 17.9. The summed E-state index contributed by atoms with van der Waals surface area (Å²) in [5, 5.41) is 18.9. The largest absolute Gasteiger partial charge is 0.496 e. The number of ether oxygens (including phenoxy) is 2. The van der Waals surface area contributed by atoms with Crippen LogP contribution in [0.25, 0.3) is 11.1 Å². The minimum atomic E-state index is -1.60. The number of hydrogen-bond donors (Lipinski definition) is 4. The summed E-state index contributed by atoms with van der Waals surface area (Å²) in [6.07, 6.45) is 0. The van der Waals surface area contributed by atoms with Gasteiger partial charge in [-0.2, -0.15) is 0 Å². The van der Waals surface area contributed by atoms with Crippen molar-refractivity contribution in [3.05, 3.63) is 39.2 Å². The number of pyridine rings is 1. The number of H-pyrrole nitrogens is 1. The zero-order chi connectivity index (χ0) is 18.9. The Morgan fingerprint density at radius 2 is 1.60 bits per heavy atom. The number of nitrogens with one attached hydrogen (secondary N) is 1. The molecular formula is C16H16N2O7. The molecule has 0 bridgehead atoms. The molecule has 0 aliphatic rings. The Bertz CT molecular complexity index is 931. The lowest BCUT2D eigenvalue weighted by Crippen LogP contribution is -2.24. The third-order valence-corrected chi connectivity index (χ3v) is 3.66. The molecule has 0 radical (unpaired) electrons. The van der Waals surface area contributed by atoms with Crippen LogP contribution in [-0.2, 0) is 0 Å². The minimum absolute atomic E-state index is 0.0672. The van der Waals surface area contributed by atoms with Crippen LogP contribution in [-0.4, -0.2) is 41.4 Å². The molecule has 1 aromatic carbocycles. The number of aromatic amines is 1. The summed E-state index contributed by atoms with van der Waals surface area (Å²) >= 11 is 0. The van der Waals surface area contributed by atoms with E-state index in [1.165, 1.54) is 20.3 Å². The summed E-state index contributed by atoms with van der Waals surface area (Å²) in [7, 11) is 2.74. The first-order valence-electron chi connectivity index (χ1n) is 6.98. The molecule has 5 N–H and O–H groups in total. The van der Waals surface area contributed by atoms with Gasteiger partial charge in [-0.15, -0.1) is 0 Å². The molecule has 2 aromatic rings. The van der Waals surface area contributed by atoms with Crippen molar-refractivity contribution in [2.75, 3.05) is 20.0 Å². The van der Waals surface area contributed by atoms with Crippen molar-refractivity contribution in [2.45, 2.75) is 6.92 Å². The van der Waals surface area contributed by atoms with E-state index >= 15 is 0 Å². The summed E-state index contributed by atoms with van der Waals surface area (Å²) < 4.78 is 10.4. The van der Waals surface area contributed by atoms with Gasteiger partial charge in [0, 0.05) is 11.1 Å². The van der Waals surface area contributed by atoms with E-state index in [9.17, 15) is 24.6 Å². The van der Waals surface area contributed by atoms with Crippen molar-refractivity contribution in [3.8, 4) is 22.6 Å². The van der Waals surface area contributed by atoms with Crippen molar-refractivity contribution in [2.24, 2.45) is 0 Å². The Morgan fingerprint density at radius 3 is 2.08 bits per heavy atom. The van der Waals surface area contributed by atoms with Gasteiger partial charge in [0.05, 0.1) is 14.2 Å². The van der Waals surface area contributed by atoms with E-state index < -0.39 is 34.4 Å². The average Bonchev–Trinajstić information content (AvgIpc) is 2.52. The van der Waals surface area contributed by atoms with Gasteiger partial charge < -0.3 is 30.4 Å². The van der Waals surface area contributed by atoms with E-state index in [-0.39, 0.29) is 16.9 Å². The summed E-state index contributed by atoms with van der Waals surface area (Å²) in [6, 6.07) is 2.95. The SMILES string of the molecule is COc1cc(-c2c(C(=O)O)c(N)[nH]c(=O)c2C(=O)O)c(OC)cc1C. The number of benzene rings is 1. The molecule has 9 heteroatoms. The molecule has 25 heavy (non-hydrogen) atoms. The van der Waals surface area contributed by atoms with Crippen LogP contribution in [0.4, 0.5) is 5.82 Å². The number of hydrogen-bond acceptors (Lipinski definition) is 6. The Labute approximate surface area is 141 Å². The molecule has 0 fully saturated rings. The molecule has 1 heterocycles. The Morgan fingerprint density at radius 1 is 1.04 bits per heavy atom. The molecule has 0 atom stereocenters. The number of methoxy groups -OCH3 is 2. The van der Waals surface area contributed by atoms with Crippen LogP contribution in [0, 0.1) is 6.92 Å². The first-order chi connectivity index (χ1) is 11.7. The van der Waals surface area contributed by atoms with E-state index in [4.69, 9.17) is 15.2 Å². The number of aromatic nitrogens is 1. The molecule has 0 saturated heterocycles. The second-order valence-corrected chi connectivity index (χ2v) is 5.13. The highest BCUT2D eigenvalue weighted by Gasteiger charge is 2.29. The maximum atomic E-state index is 12.1. The highest BCUT2D eigenvalue weighted by molar-refractivity contribution is 6.08. The Hall–Kier alpha value is -3.49. The fourth-order valence-corrected chi connectivity index (χ4v) is 2.56. The van der Waals surface area contributed by atoms with Gasteiger partial charge in [-0.05, 0) is 24.6 Å². The van der Waals surface area contributed by atoms with Gasteiger partial charge in [-0.3, -0.25) is 4.79 Å². The molecular weight excluding hydrogens is 332 g/mol. The molecule has 2 rings (SSSR count). The number of carbonyl (C=O) groups is 2. The molecule has 0 spiro atoms. The minimum Gasteiger partial charge on any atom is -0.496 e. The third kappa shape index (κ3) is 2.99. The maximum absolute atomic E-state index is 12.1. The molecule has 9 nitrogen and oxygen atoms in total. The number of aryl methyl sites for hydroxylation is 1. The van der Waals surface area contributed by atoms with Gasteiger partial charge in [-0.25, -0.2) is 9.59 Å². The van der Waals surface area contributed by atoms with Gasteiger partial charge in [0.25, 0.3) is 5.56 Å². The lowest BCUT2D eigenvalue weighted by Gasteiger charge is -2.17. The smallest absolute Gasteiger partial charge is 0.342 e. The first-order valence-corrected chi connectivity index (χ1v) is 6.98. The Balaban J connectivity index is 3.08. The van der Waals surface area contributed by atoms with Crippen LogP contribution in [0.5, 0.6) is 11.5 Å². The van der Waals surface area contributed by atoms with Crippen molar-refractivity contribution in [1.82, 2.24) is 4.98 Å². The molecule has 1 aromatic heterocycles. The van der Waals surface area contributed by atoms with Crippen LogP contribution in [0.15, 0.2) is 16.9 Å². The summed E-state index contributed by atoms with van der Waals surface area (Å²) in [5.74, 6) is -3.01.